The third-order valence-corrected chi connectivity index (χ3v) is 6.34. The van der Waals surface area contributed by atoms with E-state index in [0.717, 1.165) is 0 Å². The fraction of sp³-hybridized carbons (Fsp3) is 0.222. The van der Waals surface area contributed by atoms with Crippen LogP contribution in [0.3, 0.4) is 0 Å². The van der Waals surface area contributed by atoms with E-state index in [4.69, 9.17) is 4.74 Å². The molecule has 1 amide bonds. The Balaban J connectivity index is 1.58. The summed E-state index contributed by atoms with van der Waals surface area (Å²) in [6, 6.07) is 13.0. The maximum atomic E-state index is 12.8. The first kappa shape index (κ1) is 19.2. The molecule has 2 aromatic carbocycles. The Hall–Kier alpha value is -3.15. The summed E-state index contributed by atoms with van der Waals surface area (Å²) < 4.78 is 33.7. The monoisotopic (exact) mass is 414 g/mol. The van der Waals surface area contributed by atoms with Gasteiger partial charge in [-0.3, -0.25) is 4.79 Å². The van der Waals surface area contributed by atoms with Crippen LogP contribution < -0.4 is 5.32 Å². The Morgan fingerprint density at radius 2 is 1.86 bits per heavy atom. The third-order valence-electron chi connectivity index (χ3n) is 4.44. The molecule has 0 radical (unpaired) electrons. The van der Waals surface area contributed by atoms with Crippen LogP contribution in [0.5, 0.6) is 0 Å². The molecule has 0 spiro atoms. The molecule has 4 rings (SSSR count). The van der Waals surface area contributed by atoms with Gasteiger partial charge >= 0.3 is 0 Å². The first-order chi connectivity index (χ1) is 14.1. The second-order valence-electron chi connectivity index (χ2n) is 6.27. The molecule has 10 nitrogen and oxygen atoms in total. The topological polar surface area (TPSA) is 119 Å². The van der Waals surface area contributed by atoms with Crippen LogP contribution >= 0.6 is 0 Å². The number of anilines is 1. The number of nitrogens with zero attached hydrogens (tertiary/aromatic N) is 5. The van der Waals surface area contributed by atoms with E-state index in [1.165, 1.54) is 27.4 Å². The second kappa shape index (κ2) is 8.07. The molecule has 3 aromatic rings. The summed E-state index contributed by atoms with van der Waals surface area (Å²) in [6.07, 6.45) is 1.39. The zero-order valence-electron chi connectivity index (χ0n) is 15.3. The number of carbonyl (C=O) groups excluding carboxylic acids is 1. The van der Waals surface area contributed by atoms with Gasteiger partial charge in [-0.05, 0) is 40.8 Å². The van der Waals surface area contributed by atoms with Gasteiger partial charge in [0.25, 0.3) is 5.91 Å². The molecule has 1 N–H and O–H groups in total. The summed E-state index contributed by atoms with van der Waals surface area (Å²) in [5.74, 6) is -0.406. The van der Waals surface area contributed by atoms with E-state index in [9.17, 15) is 13.2 Å². The number of amides is 1. The highest BCUT2D eigenvalue weighted by Gasteiger charge is 2.26. The average molecular weight is 414 g/mol. The normalized spacial score (nSPS) is 15.2. The summed E-state index contributed by atoms with van der Waals surface area (Å²) in [5, 5.41) is 13.7. The fourth-order valence-corrected chi connectivity index (χ4v) is 4.46. The number of aromatic nitrogens is 4. The molecule has 0 unspecified atom stereocenters. The molecule has 1 saturated heterocycles. The lowest BCUT2D eigenvalue weighted by Gasteiger charge is -2.26. The number of tetrazole rings is 1. The van der Waals surface area contributed by atoms with Gasteiger partial charge < -0.3 is 10.1 Å². The van der Waals surface area contributed by atoms with E-state index in [1.807, 2.05) is 0 Å². The van der Waals surface area contributed by atoms with Gasteiger partial charge in [0.2, 0.25) is 10.0 Å². The van der Waals surface area contributed by atoms with Crippen molar-refractivity contribution in [2.24, 2.45) is 0 Å². The molecular formula is C18H18N6O4S. The number of hydrogen-bond acceptors (Lipinski definition) is 7. The van der Waals surface area contributed by atoms with Gasteiger partial charge in [-0.15, -0.1) is 5.10 Å². The van der Waals surface area contributed by atoms with Crippen molar-refractivity contribution in [3.63, 3.8) is 0 Å². The number of para-hydroxylation sites is 1. The van der Waals surface area contributed by atoms with Crippen molar-refractivity contribution in [3.05, 3.63) is 60.4 Å². The molecule has 150 valence electrons. The van der Waals surface area contributed by atoms with Crippen LogP contribution in [0, 0.1) is 0 Å². The Bertz CT molecular complexity index is 1110. The van der Waals surface area contributed by atoms with Gasteiger partial charge in [0, 0.05) is 18.8 Å². The first-order valence-corrected chi connectivity index (χ1v) is 10.3. The Labute approximate surface area is 167 Å². The van der Waals surface area contributed by atoms with Gasteiger partial charge in [-0.25, -0.2) is 8.42 Å². The number of sulfonamides is 1. The maximum absolute atomic E-state index is 12.8. The number of nitrogens with one attached hydrogen (secondary N) is 1. The molecule has 0 saturated carbocycles. The summed E-state index contributed by atoms with van der Waals surface area (Å²) in [7, 11) is -3.66. The Morgan fingerprint density at radius 3 is 2.62 bits per heavy atom. The van der Waals surface area contributed by atoms with E-state index in [0.29, 0.717) is 43.2 Å². The number of morpholine rings is 1. The highest BCUT2D eigenvalue weighted by molar-refractivity contribution is 7.89. The minimum Gasteiger partial charge on any atom is -0.379 e. The molecule has 0 aliphatic carbocycles. The standard InChI is InChI=1S/C18H18N6O4S/c25-18(16-6-1-2-7-17(16)24-13-19-21-22-24)20-14-4-3-5-15(12-14)29(26,27)23-8-10-28-11-9-23/h1-7,12-13H,8-11H2,(H,20,25). The molecule has 29 heavy (non-hydrogen) atoms. The number of carbonyl (C=O) groups is 1. The number of benzene rings is 2. The van der Waals surface area contributed by atoms with Crippen LogP contribution in [0.2, 0.25) is 0 Å². The predicted octanol–water partition coefficient (Wildman–Crippen LogP) is 0.935. The second-order valence-corrected chi connectivity index (χ2v) is 8.21. The lowest BCUT2D eigenvalue weighted by Crippen LogP contribution is -2.40. The predicted molar refractivity (Wildman–Crippen MR) is 103 cm³/mol. The zero-order valence-corrected chi connectivity index (χ0v) is 16.1. The summed E-state index contributed by atoms with van der Waals surface area (Å²) >= 11 is 0. The number of ether oxygens (including phenoxy) is 1. The molecule has 1 aliphatic heterocycles. The van der Waals surface area contributed by atoms with Crippen LogP contribution in [-0.2, 0) is 14.8 Å². The van der Waals surface area contributed by atoms with E-state index in [1.54, 1.807) is 36.4 Å². The maximum Gasteiger partial charge on any atom is 0.257 e. The minimum atomic E-state index is -3.66. The van der Waals surface area contributed by atoms with Gasteiger partial charge in [-0.1, -0.05) is 18.2 Å². The van der Waals surface area contributed by atoms with Crippen LogP contribution in [0.15, 0.2) is 59.8 Å². The SMILES string of the molecule is O=C(Nc1cccc(S(=O)(=O)N2CCOCC2)c1)c1ccccc1-n1cnnn1. The fourth-order valence-electron chi connectivity index (χ4n) is 3.01. The molecule has 11 heteroatoms. The van der Waals surface area contributed by atoms with Crippen LogP contribution in [0.1, 0.15) is 10.4 Å². The van der Waals surface area contributed by atoms with Crippen molar-refractivity contribution < 1.29 is 17.9 Å². The molecule has 0 atom stereocenters. The average Bonchev–Trinajstić information content (AvgIpc) is 3.29. The lowest BCUT2D eigenvalue weighted by atomic mass is 10.1. The highest BCUT2D eigenvalue weighted by Crippen LogP contribution is 2.22. The third kappa shape index (κ3) is 4.01. The summed E-state index contributed by atoms with van der Waals surface area (Å²) in [5.41, 5.74) is 1.23. The Morgan fingerprint density at radius 1 is 1.07 bits per heavy atom. The Kier molecular flexibility index (Phi) is 5.34. The van der Waals surface area contributed by atoms with Crippen molar-refractivity contribution in [2.45, 2.75) is 4.90 Å². The molecule has 0 bridgehead atoms. The minimum absolute atomic E-state index is 0.117. The summed E-state index contributed by atoms with van der Waals surface area (Å²) in [6.45, 7) is 1.34. The van der Waals surface area contributed by atoms with E-state index >= 15 is 0 Å². The smallest absolute Gasteiger partial charge is 0.257 e. The highest BCUT2D eigenvalue weighted by atomic mass is 32.2. The molecule has 1 fully saturated rings. The van der Waals surface area contributed by atoms with E-state index in [-0.39, 0.29) is 4.90 Å². The van der Waals surface area contributed by atoms with Gasteiger partial charge in [0.15, 0.2) is 0 Å². The van der Waals surface area contributed by atoms with Gasteiger partial charge in [-0.2, -0.15) is 8.99 Å². The van der Waals surface area contributed by atoms with Crippen LogP contribution in [0.4, 0.5) is 5.69 Å². The number of rotatable bonds is 5. The van der Waals surface area contributed by atoms with Crippen LogP contribution in [0.25, 0.3) is 5.69 Å². The largest absolute Gasteiger partial charge is 0.379 e. The molecular weight excluding hydrogens is 396 g/mol. The number of hydrogen-bond donors (Lipinski definition) is 1. The van der Waals surface area contributed by atoms with Crippen molar-refractivity contribution in [2.75, 3.05) is 31.6 Å². The molecule has 1 aromatic heterocycles. The molecule has 2 heterocycles. The summed E-state index contributed by atoms with van der Waals surface area (Å²) in [4.78, 5) is 12.9. The van der Waals surface area contributed by atoms with Crippen molar-refractivity contribution in [1.29, 1.82) is 0 Å². The van der Waals surface area contributed by atoms with Crippen molar-refractivity contribution in [1.82, 2.24) is 24.5 Å². The lowest BCUT2D eigenvalue weighted by molar-refractivity contribution is 0.0730. The van der Waals surface area contributed by atoms with E-state index < -0.39 is 15.9 Å². The van der Waals surface area contributed by atoms with Crippen LogP contribution in [-0.4, -0.2) is 65.1 Å². The quantitative estimate of drug-likeness (QED) is 0.660. The van der Waals surface area contributed by atoms with Gasteiger partial charge in [0.1, 0.15) is 6.33 Å². The molecule has 1 aliphatic rings. The zero-order chi connectivity index (χ0) is 20.3. The van der Waals surface area contributed by atoms with Gasteiger partial charge in [0.05, 0.1) is 29.4 Å². The van der Waals surface area contributed by atoms with Crippen molar-refractivity contribution in [3.8, 4) is 5.69 Å². The first-order valence-electron chi connectivity index (χ1n) is 8.87. The van der Waals surface area contributed by atoms with E-state index in [2.05, 4.69) is 20.8 Å². The van der Waals surface area contributed by atoms with Crippen molar-refractivity contribution >= 4 is 21.6 Å².